The highest BCUT2D eigenvalue weighted by molar-refractivity contribution is 6.00. The second-order valence-corrected chi connectivity index (χ2v) is 10.00. The number of fused-ring (bicyclic) bond motifs is 7. The van der Waals surface area contributed by atoms with Gasteiger partial charge in [0.25, 0.3) is 5.88 Å². The third kappa shape index (κ3) is 2.84. The van der Waals surface area contributed by atoms with Gasteiger partial charge in [-0.2, -0.15) is 0 Å². The summed E-state index contributed by atoms with van der Waals surface area (Å²) in [6.07, 6.45) is -0.374. The lowest BCUT2D eigenvalue weighted by Gasteiger charge is -2.26. The third-order valence-electron chi connectivity index (χ3n) is 7.97. The number of hydrogen-bond acceptors (Lipinski definition) is 7. The molecule has 1 fully saturated rings. The maximum Gasteiger partial charge on any atom is 0.262 e. The lowest BCUT2D eigenvalue weighted by Crippen LogP contribution is -2.33. The van der Waals surface area contributed by atoms with Crippen molar-refractivity contribution in [1.29, 1.82) is 0 Å². The minimum Gasteiger partial charge on any atom is -0.494 e. The maximum absolute atomic E-state index is 11.6. The van der Waals surface area contributed by atoms with E-state index in [0.717, 1.165) is 5.39 Å². The molecule has 1 saturated heterocycles. The van der Waals surface area contributed by atoms with Gasteiger partial charge in [-0.3, -0.25) is 4.57 Å². The zero-order valence-electron chi connectivity index (χ0n) is 20.4. The summed E-state index contributed by atoms with van der Waals surface area (Å²) in [6.45, 7) is 9.41. The van der Waals surface area contributed by atoms with E-state index in [1.165, 1.54) is 4.57 Å². The highest BCUT2D eigenvalue weighted by atomic mass is 16.6. The van der Waals surface area contributed by atoms with Gasteiger partial charge in [0.2, 0.25) is 11.8 Å². The zero-order chi connectivity index (χ0) is 26.2. The molecule has 0 amide bonds. The predicted octanol–water partition coefficient (Wildman–Crippen LogP) is 5.41. The Hall–Kier alpha value is -4.52. The van der Waals surface area contributed by atoms with E-state index < -0.39 is 17.3 Å². The Morgan fingerprint density at radius 3 is 2.53 bits per heavy atom. The van der Waals surface area contributed by atoms with Crippen molar-refractivity contribution in [3.05, 3.63) is 83.2 Å². The van der Waals surface area contributed by atoms with E-state index in [4.69, 9.17) is 20.6 Å². The van der Waals surface area contributed by atoms with Gasteiger partial charge < -0.3 is 29.3 Å². The number of aromatic hydroxyl groups is 2. The van der Waals surface area contributed by atoms with Crippen LogP contribution in [0.4, 0.5) is 5.69 Å². The molecule has 3 N–H and O–H groups in total. The molecule has 9 heteroatoms. The number of hydrogen-bond donors (Lipinski definition) is 3. The minimum absolute atomic E-state index is 0.166. The first-order chi connectivity index (χ1) is 18.4. The number of ether oxygens (including phenoxy) is 2. The summed E-state index contributed by atoms with van der Waals surface area (Å²) in [5.41, 5.74) is 0.115. The molecule has 2 aromatic heterocycles. The van der Waals surface area contributed by atoms with Crippen LogP contribution in [-0.4, -0.2) is 37.8 Å². The first kappa shape index (κ1) is 22.7. The fourth-order valence-corrected chi connectivity index (χ4v) is 6.19. The molecule has 0 radical (unpaired) electrons. The molecule has 3 atom stereocenters. The molecule has 0 saturated carbocycles. The molecule has 0 aliphatic carbocycles. The van der Waals surface area contributed by atoms with E-state index in [1.54, 1.807) is 25.1 Å². The van der Waals surface area contributed by atoms with Crippen LogP contribution in [0, 0.1) is 6.57 Å². The molecule has 7 rings (SSSR count). The van der Waals surface area contributed by atoms with Crippen molar-refractivity contribution < 1.29 is 29.3 Å². The van der Waals surface area contributed by atoms with Crippen molar-refractivity contribution in [2.24, 2.45) is 0 Å². The van der Waals surface area contributed by atoms with Crippen LogP contribution < -0.4 is 4.74 Å². The second-order valence-electron chi connectivity index (χ2n) is 10.00. The van der Waals surface area contributed by atoms with E-state index in [9.17, 15) is 15.3 Å². The molecule has 2 aliphatic heterocycles. The molecule has 5 aromatic rings. The largest absolute Gasteiger partial charge is 0.494 e. The Kier molecular flexibility index (Phi) is 4.62. The summed E-state index contributed by atoms with van der Waals surface area (Å²) < 4.78 is 19.0. The number of aliphatic hydroxyl groups is 1. The highest BCUT2D eigenvalue weighted by Gasteiger charge is 2.66. The van der Waals surface area contributed by atoms with Gasteiger partial charge in [-0.25, -0.2) is 4.85 Å². The van der Waals surface area contributed by atoms with Crippen LogP contribution >= 0.6 is 0 Å². The van der Waals surface area contributed by atoms with Crippen molar-refractivity contribution in [2.75, 3.05) is 6.61 Å². The van der Waals surface area contributed by atoms with Gasteiger partial charge in [0.05, 0.1) is 41.5 Å². The number of aromatic nitrogens is 2. The van der Waals surface area contributed by atoms with E-state index >= 15 is 0 Å². The molecule has 2 aliphatic rings. The maximum atomic E-state index is 11.6. The smallest absolute Gasteiger partial charge is 0.262 e. The summed E-state index contributed by atoms with van der Waals surface area (Å²) >= 11 is 0. The first-order valence-corrected chi connectivity index (χ1v) is 12.3. The SMILES string of the molecule is [C-]#[N+]c1ccc(-n2c(O)c3c(c2O)C2(C)OC3(CCOc3noc4ccccc34)C[C@H]2O)c2ccccc12. The van der Waals surface area contributed by atoms with Gasteiger partial charge in [-0.15, -0.1) is 0 Å². The second kappa shape index (κ2) is 7.74. The number of rotatable bonds is 5. The quantitative estimate of drug-likeness (QED) is 0.272. The zero-order valence-corrected chi connectivity index (χ0v) is 20.4. The Labute approximate surface area is 216 Å². The van der Waals surface area contributed by atoms with Gasteiger partial charge in [0, 0.05) is 12.8 Å². The van der Waals surface area contributed by atoms with Crippen LogP contribution in [0.3, 0.4) is 0 Å². The number of para-hydroxylation sites is 1. The number of aliphatic hydroxyl groups excluding tert-OH is 1. The van der Waals surface area contributed by atoms with Gasteiger partial charge in [-0.05, 0) is 41.1 Å². The number of nitrogens with zero attached hydrogens (tertiary/aromatic N) is 3. The van der Waals surface area contributed by atoms with Crippen LogP contribution in [0.5, 0.6) is 17.6 Å². The van der Waals surface area contributed by atoms with E-state index in [1.807, 2.05) is 42.5 Å². The fraction of sp³-hybridized carbons (Fsp3) is 0.241. The Bertz CT molecular complexity index is 1800. The molecule has 190 valence electrons. The fourth-order valence-electron chi connectivity index (χ4n) is 6.19. The average Bonchev–Trinajstić information content (AvgIpc) is 3.61. The summed E-state index contributed by atoms with van der Waals surface area (Å²) in [6, 6.07) is 18.1. The molecule has 2 unspecified atom stereocenters. The molecule has 2 bridgehead atoms. The molecule has 4 heterocycles. The Morgan fingerprint density at radius 1 is 1.03 bits per heavy atom. The lowest BCUT2D eigenvalue weighted by molar-refractivity contribution is -0.107. The average molecular weight is 510 g/mol. The normalized spacial score (nSPS) is 23.7. The molecular formula is C29H23N3O6. The van der Waals surface area contributed by atoms with E-state index in [2.05, 4.69) is 10.0 Å². The molecule has 38 heavy (non-hydrogen) atoms. The summed E-state index contributed by atoms with van der Waals surface area (Å²) in [4.78, 5) is 3.61. The highest BCUT2D eigenvalue weighted by Crippen LogP contribution is 2.65. The van der Waals surface area contributed by atoms with Crippen molar-refractivity contribution >= 4 is 27.4 Å². The summed E-state index contributed by atoms with van der Waals surface area (Å²) in [5.74, 6) is -0.0157. The molecule has 9 nitrogen and oxygen atoms in total. The third-order valence-corrected chi connectivity index (χ3v) is 7.97. The van der Waals surface area contributed by atoms with E-state index in [-0.39, 0.29) is 24.8 Å². The Morgan fingerprint density at radius 2 is 1.74 bits per heavy atom. The van der Waals surface area contributed by atoms with Gasteiger partial charge >= 0.3 is 0 Å². The first-order valence-electron chi connectivity index (χ1n) is 12.3. The van der Waals surface area contributed by atoms with Gasteiger partial charge in [0.15, 0.2) is 11.3 Å². The van der Waals surface area contributed by atoms with Crippen LogP contribution in [0.2, 0.25) is 0 Å². The minimum atomic E-state index is -1.21. The molecule has 0 spiro atoms. The number of benzene rings is 3. The summed E-state index contributed by atoms with van der Waals surface area (Å²) in [5, 5.41) is 40.3. The molecular weight excluding hydrogens is 486 g/mol. The van der Waals surface area contributed by atoms with E-state index in [0.29, 0.717) is 51.2 Å². The van der Waals surface area contributed by atoms with Crippen LogP contribution in [0.1, 0.15) is 30.9 Å². The topological polar surface area (TPSA) is 114 Å². The van der Waals surface area contributed by atoms with Crippen molar-refractivity contribution in [2.45, 2.75) is 37.1 Å². The lowest BCUT2D eigenvalue weighted by atomic mass is 9.76. The van der Waals surface area contributed by atoms with Crippen LogP contribution in [0.25, 0.3) is 32.3 Å². The predicted molar refractivity (Wildman–Crippen MR) is 138 cm³/mol. The Balaban J connectivity index is 1.32. The molecule has 3 aromatic carbocycles. The standard InChI is InChI=1S/C29H23N3O6/c1-28-22(33)15-29(38-28,13-14-36-25-18-9-5-6-10-21(18)37-31-25)24-23(28)26(34)32(27(24)35)20-12-11-19(30-2)16-7-3-4-8-17(16)20/h3-12,22,33-35H,13-15H2,1H3/t22-,28?,29?/m1/s1. The van der Waals surface area contributed by atoms with Gasteiger partial charge in [0.1, 0.15) is 11.2 Å². The van der Waals surface area contributed by atoms with Crippen molar-refractivity contribution in [3.63, 3.8) is 0 Å². The monoisotopic (exact) mass is 509 g/mol. The van der Waals surface area contributed by atoms with Crippen molar-refractivity contribution in [1.82, 2.24) is 9.72 Å². The van der Waals surface area contributed by atoms with Crippen molar-refractivity contribution in [3.8, 4) is 23.3 Å². The van der Waals surface area contributed by atoms with Crippen LogP contribution in [-0.2, 0) is 15.9 Å². The van der Waals surface area contributed by atoms with Gasteiger partial charge in [-0.1, -0.05) is 42.5 Å². The summed E-state index contributed by atoms with van der Waals surface area (Å²) in [7, 11) is 0. The van der Waals surface area contributed by atoms with Crippen LogP contribution in [0.15, 0.2) is 65.2 Å².